The zero-order valence-corrected chi connectivity index (χ0v) is 35.0. The van der Waals surface area contributed by atoms with Crippen molar-refractivity contribution in [1.29, 1.82) is 0 Å². The number of imidazole rings is 1. The summed E-state index contributed by atoms with van der Waals surface area (Å²) in [6, 6.07) is 17.4. The highest BCUT2D eigenvalue weighted by atomic mass is 19.1. The van der Waals surface area contributed by atoms with Crippen molar-refractivity contribution in [3.8, 4) is 45.3 Å². The number of likely N-dealkylation sites (tertiary alicyclic amines) is 1. The van der Waals surface area contributed by atoms with E-state index < -0.39 is 30.4 Å². The van der Waals surface area contributed by atoms with E-state index in [9.17, 15) is 14.0 Å². The van der Waals surface area contributed by atoms with E-state index in [0.29, 0.717) is 65.6 Å². The molecule has 62 heavy (non-hydrogen) atoms. The first kappa shape index (κ1) is 41.1. The van der Waals surface area contributed by atoms with Crippen LogP contribution in [0.5, 0.6) is 11.5 Å². The Bertz CT molecular complexity index is 2600. The molecule has 6 heterocycles. The summed E-state index contributed by atoms with van der Waals surface area (Å²) in [6.07, 6.45) is 3.42. The Hall–Kier alpha value is -6.26. The van der Waals surface area contributed by atoms with Crippen molar-refractivity contribution in [3.63, 3.8) is 0 Å². The molecule has 2 saturated heterocycles. The van der Waals surface area contributed by atoms with E-state index in [-0.39, 0.29) is 36.9 Å². The summed E-state index contributed by atoms with van der Waals surface area (Å²) in [5.41, 5.74) is 4.55. The number of fused-ring (bicyclic) bond motifs is 5. The third-order valence-corrected chi connectivity index (χ3v) is 11.9. The first-order valence-corrected chi connectivity index (χ1v) is 21.0. The van der Waals surface area contributed by atoms with Gasteiger partial charge in [0, 0.05) is 61.7 Å². The monoisotopic (exact) mass is 849 g/mol. The molecule has 6 aromatic rings. The fraction of sp³-hybridized carbons (Fsp3) is 0.391. The molecule has 2 amide bonds. The molecule has 3 aromatic heterocycles. The number of nitrogens with one attached hydrogen (secondary N) is 3. The predicted molar refractivity (Wildman–Crippen MR) is 226 cm³/mol. The van der Waals surface area contributed by atoms with E-state index >= 15 is 4.39 Å². The number of aromatic nitrogens is 4. The van der Waals surface area contributed by atoms with Crippen LogP contribution in [-0.4, -0.2) is 89.2 Å². The molecule has 5 unspecified atom stereocenters. The van der Waals surface area contributed by atoms with Gasteiger partial charge in [-0.05, 0) is 61.2 Å². The third kappa shape index (κ3) is 7.88. The molecular weight excluding hydrogens is 801 g/mol. The van der Waals surface area contributed by atoms with E-state index in [4.69, 9.17) is 28.3 Å². The number of carbonyl (C=O) groups excluding carboxylic acids is 2. The van der Waals surface area contributed by atoms with Gasteiger partial charge in [0.1, 0.15) is 35.4 Å². The molecule has 14 nitrogen and oxygen atoms in total. The predicted octanol–water partition coefficient (Wildman–Crippen LogP) is 8.26. The number of benzene rings is 3. The van der Waals surface area contributed by atoms with Crippen LogP contribution in [-0.2, 0) is 14.3 Å². The molecule has 3 aliphatic heterocycles. The van der Waals surface area contributed by atoms with Gasteiger partial charge in [-0.25, -0.2) is 23.5 Å². The van der Waals surface area contributed by atoms with Crippen LogP contribution in [0.2, 0.25) is 0 Å². The molecule has 3 aromatic carbocycles. The second-order valence-corrected chi connectivity index (χ2v) is 16.3. The van der Waals surface area contributed by atoms with Crippen molar-refractivity contribution < 1.29 is 41.7 Å². The Morgan fingerprint density at radius 2 is 1.90 bits per heavy atom. The molecule has 0 bridgehead atoms. The fourth-order valence-corrected chi connectivity index (χ4v) is 8.76. The molecule has 0 aliphatic carbocycles. The van der Waals surface area contributed by atoms with E-state index in [0.717, 1.165) is 47.0 Å². The number of methoxy groups -OCH3 is 2. The van der Waals surface area contributed by atoms with Gasteiger partial charge in [-0.15, -0.1) is 0 Å². The smallest absolute Gasteiger partial charge is 0.407 e. The minimum absolute atomic E-state index is 0.153. The number of oxazole rings is 1. The lowest BCUT2D eigenvalue weighted by atomic mass is 10.0. The van der Waals surface area contributed by atoms with Gasteiger partial charge in [0.05, 0.1) is 60.7 Å². The summed E-state index contributed by atoms with van der Waals surface area (Å²) in [5, 5.41) is 6.62. The van der Waals surface area contributed by atoms with Gasteiger partial charge in [-0.2, -0.15) is 0 Å². The van der Waals surface area contributed by atoms with Crippen molar-refractivity contribution in [1.82, 2.24) is 35.1 Å². The summed E-state index contributed by atoms with van der Waals surface area (Å²) in [5.74, 6) is 1.48. The number of alkyl carbamates (subject to hydrolysis) is 1. The van der Waals surface area contributed by atoms with E-state index in [2.05, 4.69) is 20.6 Å². The van der Waals surface area contributed by atoms with E-state index in [1.807, 2.05) is 66.9 Å². The highest BCUT2D eigenvalue weighted by molar-refractivity contribution is 5.93. The Kier molecular flexibility index (Phi) is 11.4. The van der Waals surface area contributed by atoms with Gasteiger partial charge in [-0.3, -0.25) is 4.79 Å². The molecule has 3 N–H and O–H groups in total. The van der Waals surface area contributed by atoms with Crippen molar-refractivity contribution in [2.75, 3.05) is 40.5 Å². The molecule has 0 saturated carbocycles. The summed E-state index contributed by atoms with van der Waals surface area (Å²) in [7, 11) is 2.93. The van der Waals surface area contributed by atoms with Gasteiger partial charge in [0.2, 0.25) is 18.0 Å². The first-order valence-electron chi connectivity index (χ1n) is 21.0. The van der Waals surface area contributed by atoms with Crippen LogP contribution in [0.1, 0.15) is 75.1 Å². The van der Waals surface area contributed by atoms with Crippen LogP contribution in [0.15, 0.2) is 77.5 Å². The number of hydrogen-bond acceptors (Lipinski definition) is 10. The highest BCUT2D eigenvalue weighted by Gasteiger charge is 2.38. The zero-order chi connectivity index (χ0) is 43.1. The number of amides is 2. The molecule has 324 valence electrons. The first-order chi connectivity index (χ1) is 30.1. The Morgan fingerprint density at radius 3 is 2.69 bits per heavy atom. The Balaban J connectivity index is 1.06. The van der Waals surface area contributed by atoms with Crippen LogP contribution in [0.25, 0.3) is 44.7 Å². The van der Waals surface area contributed by atoms with Crippen molar-refractivity contribution in [3.05, 3.63) is 96.2 Å². The van der Waals surface area contributed by atoms with Gasteiger partial charge in [0.25, 0.3) is 0 Å². The Morgan fingerprint density at radius 1 is 1.03 bits per heavy atom. The van der Waals surface area contributed by atoms with Crippen LogP contribution in [0.3, 0.4) is 0 Å². The van der Waals surface area contributed by atoms with Crippen LogP contribution in [0.4, 0.5) is 13.6 Å². The van der Waals surface area contributed by atoms with Gasteiger partial charge in [-0.1, -0.05) is 32.0 Å². The number of ether oxygens (including phenoxy) is 4. The van der Waals surface area contributed by atoms with E-state index in [1.165, 1.54) is 19.4 Å². The normalized spacial score (nSPS) is 20.0. The molecule has 9 rings (SSSR count). The molecule has 5 atom stereocenters. The fourth-order valence-electron chi connectivity index (χ4n) is 8.76. The lowest BCUT2D eigenvalue weighted by molar-refractivity contribution is -0.135. The number of carbonyl (C=O) groups is 2. The van der Waals surface area contributed by atoms with Gasteiger partial charge >= 0.3 is 6.09 Å². The molecule has 3 aliphatic rings. The van der Waals surface area contributed by atoms with Crippen molar-refractivity contribution in [2.24, 2.45) is 5.92 Å². The minimum Gasteiger partial charge on any atom is -0.493 e. The van der Waals surface area contributed by atoms with Crippen LogP contribution < -0.4 is 20.1 Å². The molecule has 2 fully saturated rings. The SMILES string of the molecule is COCCCOc1cccc(C2Oc3cc(-c4cnc(C5CC(F)CN5)o4)cc(F)c3-c3cc4cc(-c5cnc(C6CCCN6C(=O)C(NC(=O)OC)C(C)C)[nH]5)ccc4n32)c1. The number of H-pyrrole nitrogens is 1. The number of nitrogens with zero attached hydrogens (tertiary/aromatic N) is 4. The summed E-state index contributed by atoms with van der Waals surface area (Å²) in [6.45, 7) is 5.57. The molecule has 16 heteroatoms. The number of alkyl halides is 1. The maximum absolute atomic E-state index is 16.6. The van der Waals surface area contributed by atoms with Crippen molar-refractivity contribution in [2.45, 2.75) is 70.1 Å². The largest absolute Gasteiger partial charge is 0.493 e. The number of aromatic amines is 1. The second kappa shape index (κ2) is 17.2. The minimum atomic E-state index is -0.988. The third-order valence-electron chi connectivity index (χ3n) is 11.9. The zero-order valence-electron chi connectivity index (χ0n) is 35.0. The average Bonchev–Trinajstić information content (AvgIpc) is 4.13. The highest BCUT2D eigenvalue weighted by Crippen LogP contribution is 2.48. The lowest BCUT2D eigenvalue weighted by Crippen LogP contribution is -2.51. The van der Waals surface area contributed by atoms with Gasteiger partial charge < -0.3 is 48.4 Å². The topological polar surface area (TPSA) is 158 Å². The lowest BCUT2D eigenvalue weighted by Gasteiger charge is -2.31. The summed E-state index contributed by atoms with van der Waals surface area (Å²) >= 11 is 0. The standard InChI is InChI=1S/C46H49F2N7O7/c1-25(2)41(53-46(57)59-4)44(56)54-13-6-10-36(54)42-50-23-34(52-42)26-11-12-35-28(16-26)19-37-40-32(48)18-29(39-24-51-43(61-39)33-21-30(47)22-49-33)20-38(40)62-45(55(35)37)27-8-5-9-31(17-27)60-15-7-14-58-3/h5,8-9,11-12,16-20,23-25,30,33,36,41,45,49H,6-7,10,13-15,21-22H2,1-4H3,(H,50,52)(H,53,57). The maximum atomic E-state index is 16.6. The Labute approximate surface area is 356 Å². The average molecular weight is 850 g/mol. The maximum Gasteiger partial charge on any atom is 0.407 e. The van der Waals surface area contributed by atoms with Gasteiger partial charge in [0.15, 0.2) is 5.76 Å². The summed E-state index contributed by atoms with van der Waals surface area (Å²) in [4.78, 5) is 40.2. The second-order valence-electron chi connectivity index (χ2n) is 16.3. The quantitative estimate of drug-likeness (QED) is 0.0967. The molecule has 0 radical (unpaired) electrons. The number of halogens is 2. The number of hydrogen-bond donors (Lipinski definition) is 3. The summed E-state index contributed by atoms with van der Waals surface area (Å²) < 4.78 is 61.5. The molecule has 0 spiro atoms. The van der Waals surface area contributed by atoms with Crippen LogP contribution in [0, 0.1) is 11.7 Å². The molecular formula is C46H49F2N7O7. The van der Waals surface area contributed by atoms with Crippen molar-refractivity contribution >= 4 is 22.9 Å². The van der Waals surface area contributed by atoms with Crippen LogP contribution >= 0.6 is 0 Å². The van der Waals surface area contributed by atoms with E-state index in [1.54, 1.807) is 24.3 Å². The number of rotatable bonds is 13.